The number of nitrogens with one attached hydrogen (secondary N) is 1. The van der Waals surface area contributed by atoms with Crippen LogP contribution in [0.2, 0.25) is 0 Å². The van der Waals surface area contributed by atoms with Crippen LogP contribution in [0.1, 0.15) is 18.4 Å². The van der Waals surface area contributed by atoms with Crippen LogP contribution in [0.25, 0.3) is 10.8 Å². The van der Waals surface area contributed by atoms with Crippen LogP contribution in [0.3, 0.4) is 0 Å². The summed E-state index contributed by atoms with van der Waals surface area (Å²) in [7, 11) is 1.57. The van der Waals surface area contributed by atoms with Crippen LogP contribution in [0.4, 0.5) is 10.1 Å². The minimum atomic E-state index is -0.224. The maximum Gasteiger partial charge on any atom is 0.136 e. The monoisotopic (exact) mass is 231 g/mol. The summed E-state index contributed by atoms with van der Waals surface area (Å²) < 4.78 is 19.3. The Kier molecular flexibility index (Phi) is 2.21. The highest BCUT2D eigenvalue weighted by Crippen LogP contribution is 2.41. The summed E-state index contributed by atoms with van der Waals surface area (Å²) in [5.41, 5.74) is 2.11. The molecule has 1 aliphatic rings. The van der Waals surface area contributed by atoms with E-state index < -0.39 is 0 Å². The molecule has 1 heterocycles. The molecule has 0 saturated heterocycles. The molecule has 0 aromatic heterocycles. The van der Waals surface area contributed by atoms with Gasteiger partial charge in [0.15, 0.2) is 0 Å². The van der Waals surface area contributed by atoms with E-state index in [2.05, 4.69) is 12.2 Å². The van der Waals surface area contributed by atoms with Crippen LogP contribution in [0.15, 0.2) is 24.3 Å². The average Bonchev–Trinajstić information content (AvgIpc) is 2.70. The Bertz CT molecular complexity index is 594. The van der Waals surface area contributed by atoms with E-state index in [0.29, 0.717) is 17.1 Å². The van der Waals surface area contributed by atoms with Gasteiger partial charge < -0.3 is 10.1 Å². The van der Waals surface area contributed by atoms with Crippen LogP contribution in [-0.2, 0) is 0 Å². The van der Waals surface area contributed by atoms with Crippen molar-refractivity contribution in [3.05, 3.63) is 35.6 Å². The second-order valence-electron chi connectivity index (χ2n) is 4.48. The van der Waals surface area contributed by atoms with E-state index >= 15 is 0 Å². The SMILES string of the molecule is COc1cccc2c3c(cc(F)c12)NCC3C. The van der Waals surface area contributed by atoms with Gasteiger partial charge in [-0.3, -0.25) is 0 Å². The highest BCUT2D eigenvalue weighted by atomic mass is 19.1. The highest BCUT2D eigenvalue weighted by molar-refractivity contribution is 5.96. The van der Waals surface area contributed by atoms with Crippen LogP contribution < -0.4 is 10.1 Å². The zero-order valence-electron chi connectivity index (χ0n) is 9.88. The molecule has 2 aromatic carbocycles. The molecule has 3 heteroatoms. The molecule has 1 atom stereocenters. The number of anilines is 1. The first-order chi connectivity index (χ1) is 8.22. The molecule has 0 saturated carbocycles. The molecule has 0 fully saturated rings. The first kappa shape index (κ1) is 10.4. The summed E-state index contributed by atoms with van der Waals surface area (Å²) in [5, 5.41) is 4.78. The lowest BCUT2D eigenvalue weighted by Crippen LogP contribution is -1.96. The van der Waals surface area contributed by atoms with Crippen molar-refractivity contribution < 1.29 is 9.13 Å². The van der Waals surface area contributed by atoms with E-state index in [1.807, 2.05) is 12.1 Å². The van der Waals surface area contributed by atoms with Gasteiger partial charge in [0, 0.05) is 18.2 Å². The second kappa shape index (κ2) is 3.62. The maximum absolute atomic E-state index is 14.1. The van der Waals surface area contributed by atoms with Gasteiger partial charge in [0.25, 0.3) is 0 Å². The van der Waals surface area contributed by atoms with Crippen molar-refractivity contribution in [1.82, 2.24) is 0 Å². The molecular weight excluding hydrogens is 217 g/mol. The molecular formula is C14H14FNO. The number of hydrogen-bond acceptors (Lipinski definition) is 2. The van der Waals surface area contributed by atoms with Crippen molar-refractivity contribution in [3.8, 4) is 5.75 Å². The van der Waals surface area contributed by atoms with Gasteiger partial charge in [-0.1, -0.05) is 19.1 Å². The van der Waals surface area contributed by atoms with Gasteiger partial charge in [-0.05, 0) is 23.1 Å². The molecule has 1 aliphatic heterocycles. The Labute approximate surface area is 99.4 Å². The Morgan fingerprint density at radius 2 is 2.24 bits per heavy atom. The van der Waals surface area contributed by atoms with Gasteiger partial charge in [-0.25, -0.2) is 4.39 Å². The summed E-state index contributed by atoms with van der Waals surface area (Å²) in [6.45, 7) is 3.01. The minimum Gasteiger partial charge on any atom is -0.496 e. The standard InChI is InChI=1S/C14H14FNO/c1-8-7-16-11-6-10(15)14-9(13(8)11)4-3-5-12(14)17-2/h3-6,8,16H,7H2,1-2H3. The van der Waals surface area contributed by atoms with Crippen molar-refractivity contribution in [2.75, 3.05) is 19.0 Å². The molecule has 0 amide bonds. The average molecular weight is 231 g/mol. The molecule has 0 radical (unpaired) electrons. The van der Waals surface area contributed by atoms with Crippen LogP contribution in [-0.4, -0.2) is 13.7 Å². The van der Waals surface area contributed by atoms with Crippen molar-refractivity contribution >= 4 is 16.5 Å². The van der Waals surface area contributed by atoms with E-state index in [1.165, 1.54) is 5.56 Å². The molecule has 0 spiro atoms. The number of methoxy groups -OCH3 is 1. The first-order valence-electron chi connectivity index (χ1n) is 5.75. The molecule has 1 N–H and O–H groups in total. The third kappa shape index (κ3) is 1.38. The van der Waals surface area contributed by atoms with E-state index in [-0.39, 0.29) is 5.82 Å². The highest BCUT2D eigenvalue weighted by Gasteiger charge is 2.23. The van der Waals surface area contributed by atoms with Crippen LogP contribution >= 0.6 is 0 Å². The van der Waals surface area contributed by atoms with Crippen molar-refractivity contribution in [2.45, 2.75) is 12.8 Å². The maximum atomic E-state index is 14.1. The van der Waals surface area contributed by atoms with Gasteiger partial charge in [0.1, 0.15) is 11.6 Å². The summed E-state index contributed by atoms with van der Waals surface area (Å²) in [6, 6.07) is 7.24. The number of fused-ring (bicyclic) bond motifs is 3. The van der Waals surface area contributed by atoms with E-state index in [4.69, 9.17) is 4.74 Å². The molecule has 88 valence electrons. The number of benzene rings is 2. The lowest BCUT2D eigenvalue weighted by atomic mass is 9.95. The summed E-state index contributed by atoms with van der Waals surface area (Å²) in [5.74, 6) is 0.778. The zero-order valence-corrected chi connectivity index (χ0v) is 9.88. The number of rotatable bonds is 1. The first-order valence-corrected chi connectivity index (χ1v) is 5.75. The van der Waals surface area contributed by atoms with Gasteiger partial charge in [-0.15, -0.1) is 0 Å². The number of halogens is 1. The largest absolute Gasteiger partial charge is 0.496 e. The normalized spacial score (nSPS) is 17.9. The molecule has 0 bridgehead atoms. The number of hydrogen-bond donors (Lipinski definition) is 1. The lowest BCUT2D eigenvalue weighted by molar-refractivity contribution is 0.418. The van der Waals surface area contributed by atoms with Gasteiger partial charge in [-0.2, -0.15) is 0 Å². The third-order valence-electron chi connectivity index (χ3n) is 3.43. The topological polar surface area (TPSA) is 21.3 Å². The Hall–Kier alpha value is -1.77. The Morgan fingerprint density at radius 1 is 1.41 bits per heavy atom. The second-order valence-corrected chi connectivity index (χ2v) is 4.48. The minimum absolute atomic E-state index is 0.224. The summed E-state index contributed by atoms with van der Waals surface area (Å²) in [4.78, 5) is 0. The van der Waals surface area contributed by atoms with E-state index in [9.17, 15) is 4.39 Å². The molecule has 0 aliphatic carbocycles. The van der Waals surface area contributed by atoms with Crippen molar-refractivity contribution in [3.63, 3.8) is 0 Å². The summed E-state index contributed by atoms with van der Waals surface area (Å²) in [6.07, 6.45) is 0. The third-order valence-corrected chi connectivity index (χ3v) is 3.43. The fourth-order valence-corrected chi connectivity index (χ4v) is 2.64. The zero-order chi connectivity index (χ0) is 12.0. The lowest BCUT2D eigenvalue weighted by Gasteiger charge is -2.12. The molecule has 2 nitrogen and oxygen atoms in total. The van der Waals surface area contributed by atoms with Crippen molar-refractivity contribution in [2.24, 2.45) is 0 Å². The fraction of sp³-hybridized carbons (Fsp3) is 0.286. The van der Waals surface area contributed by atoms with Gasteiger partial charge >= 0.3 is 0 Å². The molecule has 3 rings (SSSR count). The van der Waals surface area contributed by atoms with Crippen LogP contribution in [0.5, 0.6) is 5.75 Å². The molecule has 17 heavy (non-hydrogen) atoms. The fourth-order valence-electron chi connectivity index (χ4n) is 2.64. The quantitative estimate of drug-likeness (QED) is 0.810. The van der Waals surface area contributed by atoms with Gasteiger partial charge in [0.05, 0.1) is 12.5 Å². The predicted molar refractivity (Wildman–Crippen MR) is 67.4 cm³/mol. The van der Waals surface area contributed by atoms with Gasteiger partial charge in [0.2, 0.25) is 0 Å². The van der Waals surface area contributed by atoms with E-state index in [0.717, 1.165) is 17.6 Å². The smallest absolute Gasteiger partial charge is 0.136 e. The van der Waals surface area contributed by atoms with Crippen molar-refractivity contribution in [1.29, 1.82) is 0 Å². The molecule has 2 aromatic rings. The van der Waals surface area contributed by atoms with Crippen LogP contribution in [0, 0.1) is 5.82 Å². The molecule has 1 unspecified atom stereocenters. The van der Waals surface area contributed by atoms with E-state index in [1.54, 1.807) is 19.2 Å². The Balaban J connectivity index is 2.44. The number of ether oxygens (including phenoxy) is 1. The predicted octanol–water partition coefficient (Wildman–Crippen LogP) is 3.52. The Morgan fingerprint density at radius 3 is 3.00 bits per heavy atom. The summed E-state index contributed by atoms with van der Waals surface area (Å²) >= 11 is 0.